The number of hydrogen-bond donors (Lipinski definition) is 1. The fraction of sp³-hybridized carbons (Fsp3) is 0.542. The second-order valence-corrected chi connectivity index (χ2v) is 9.76. The van der Waals surface area contributed by atoms with Crippen molar-refractivity contribution in [2.75, 3.05) is 13.1 Å². The van der Waals surface area contributed by atoms with Gasteiger partial charge in [-0.3, -0.25) is 14.5 Å². The van der Waals surface area contributed by atoms with E-state index in [0.717, 1.165) is 24.2 Å². The molecule has 1 N–H and O–H groups in total. The van der Waals surface area contributed by atoms with Crippen LogP contribution in [0, 0.1) is 17.2 Å². The van der Waals surface area contributed by atoms with E-state index in [-0.39, 0.29) is 23.3 Å². The molecule has 0 unspecified atom stereocenters. The average Bonchev–Trinajstić information content (AvgIpc) is 3.51. The molecule has 4 aliphatic rings. The largest absolute Gasteiger partial charge is 0.356 e. The lowest BCUT2D eigenvalue weighted by Crippen LogP contribution is -2.49. The lowest BCUT2D eigenvalue weighted by atomic mass is 9.83. The number of nitrogens with one attached hydrogen (secondary N) is 1. The summed E-state index contributed by atoms with van der Waals surface area (Å²) >= 11 is 0. The Morgan fingerprint density at radius 2 is 1.90 bits per heavy atom. The first-order valence-electron chi connectivity index (χ1n) is 11.5. The number of nitriles is 1. The summed E-state index contributed by atoms with van der Waals surface area (Å²) in [5.74, 6) is 0.413. The number of pyridine rings is 1. The number of rotatable bonds is 3. The van der Waals surface area contributed by atoms with Crippen LogP contribution in [0.5, 0.6) is 0 Å². The van der Waals surface area contributed by atoms with Crippen molar-refractivity contribution in [3.05, 3.63) is 57.3 Å². The molecule has 6 rings (SSSR count). The van der Waals surface area contributed by atoms with E-state index in [1.54, 1.807) is 12.3 Å². The van der Waals surface area contributed by atoms with Gasteiger partial charge in [-0.2, -0.15) is 5.26 Å². The summed E-state index contributed by atoms with van der Waals surface area (Å²) in [5, 5.41) is 9.02. The van der Waals surface area contributed by atoms with E-state index in [1.807, 2.05) is 15.5 Å². The number of likely N-dealkylation sites (tertiary alicyclic amines) is 1. The first-order chi connectivity index (χ1) is 15.1. The van der Waals surface area contributed by atoms with Crippen molar-refractivity contribution in [2.45, 2.75) is 63.2 Å². The van der Waals surface area contributed by atoms with E-state index in [9.17, 15) is 9.59 Å². The molecular weight excluding hydrogens is 390 g/mol. The number of fused-ring (bicyclic) bond motifs is 6. The molecule has 6 heterocycles. The van der Waals surface area contributed by atoms with Crippen molar-refractivity contribution in [3.8, 4) is 6.07 Å². The predicted molar refractivity (Wildman–Crippen MR) is 115 cm³/mol. The van der Waals surface area contributed by atoms with Gasteiger partial charge in [0.2, 0.25) is 0 Å². The van der Waals surface area contributed by atoms with Crippen molar-refractivity contribution in [3.63, 3.8) is 0 Å². The van der Waals surface area contributed by atoms with Crippen LogP contribution >= 0.6 is 0 Å². The maximum atomic E-state index is 13.4. The second kappa shape index (κ2) is 7.10. The Kier molecular flexibility index (Phi) is 4.32. The summed E-state index contributed by atoms with van der Waals surface area (Å²) in [6.45, 7) is 2.74. The minimum atomic E-state index is -0.0619. The molecule has 2 aromatic rings. The van der Waals surface area contributed by atoms with Gasteiger partial charge in [0, 0.05) is 61.6 Å². The number of hydrogen-bond acceptors (Lipinski definition) is 4. The van der Waals surface area contributed by atoms with Crippen LogP contribution in [-0.2, 0) is 13.1 Å². The smallest absolute Gasteiger partial charge is 0.270 e. The molecule has 0 spiro atoms. The molecule has 2 aromatic heterocycles. The van der Waals surface area contributed by atoms with Crippen molar-refractivity contribution in [2.24, 2.45) is 5.92 Å². The van der Waals surface area contributed by atoms with Crippen LogP contribution in [0.1, 0.15) is 65.3 Å². The molecule has 7 heteroatoms. The fourth-order valence-electron chi connectivity index (χ4n) is 6.50. The van der Waals surface area contributed by atoms with Crippen LogP contribution in [0.3, 0.4) is 0 Å². The number of H-pyrrole nitrogens is 1. The van der Waals surface area contributed by atoms with E-state index in [4.69, 9.17) is 5.26 Å². The number of amides is 1. The number of piperidine rings is 1. The van der Waals surface area contributed by atoms with E-state index < -0.39 is 0 Å². The molecule has 3 saturated heterocycles. The highest BCUT2D eigenvalue weighted by Crippen LogP contribution is 2.39. The highest BCUT2D eigenvalue weighted by Gasteiger charge is 2.40. The molecule has 3 fully saturated rings. The highest BCUT2D eigenvalue weighted by molar-refractivity contribution is 5.93. The third-order valence-electron chi connectivity index (χ3n) is 7.97. The van der Waals surface area contributed by atoms with Gasteiger partial charge in [-0.05, 0) is 50.2 Å². The first-order valence-corrected chi connectivity index (χ1v) is 11.5. The molecule has 2 atom stereocenters. The van der Waals surface area contributed by atoms with E-state index in [2.05, 4.69) is 22.0 Å². The van der Waals surface area contributed by atoms with Crippen molar-refractivity contribution < 1.29 is 4.79 Å². The van der Waals surface area contributed by atoms with E-state index in [1.165, 1.54) is 25.7 Å². The van der Waals surface area contributed by atoms with Crippen LogP contribution in [-0.4, -0.2) is 50.4 Å². The van der Waals surface area contributed by atoms with Gasteiger partial charge in [-0.15, -0.1) is 0 Å². The molecule has 0 saturated carbocycles. The number of carbonyl (C=O) groups is 1. The zero-order valence-corrected chi connectivity index (χ0v) is 17.6. The van der Waals surface area contributed by atoms with Gasteiger partial charge < -0.3 is 14.5 Å². The minimum absolute atomic E-state index is 0.0619. The SMILES string of the molecule is N#Cc1c[nH]c(C(=O)N2C[C@@H]3C[C@H](C2)c2ccc(CN4C5CCC4CC5)c(=O)n2C3)c1. The molecular formula is C24H27N5O2. The predicted octanol–water partition coefficient (Wildman–Crippen LogP) is 2.43. The monoisotopic (exact) mass is 417 g/mol. The number of aromatic amines is 1. The molecule has 31 heavy (non-hydrogen) atoms. The lowest BCUT2D eigenvalue weighted by molar-refractivity contribution is 0.0589. The lowest BCUT2D eigenvalue weighted by Gasteiger charge is -2.42. The third kappa shape index (κ3) is 3.04. The minimum Gasteiger partial charge on any atom is -0.356 e. The Balaban J connectivity index is 1.24. The Labute approximate surface area is 181 Å². The molecule has 7 nitrogen and oxygen atoms in total. The van der Waals surface area contributed by atoms with E-state index in [0.29, 0.717) is 43.0 Å². The Morgan fingerprint density at radius 1 is 1.13 bits per heavy atom. The third-order valence-corrected chi connectivity index (χ3v) is 7.97. The molecule has 1 amide bonds. The topological polar surface area (TPSA) is 85.1 Å². The van der Waals surface area contributed by atoms with Gasteiger partial charge in [-0.1, -0.05) is 6.07 Å². The molecule has 0 radical (unpaired) electrons. The van der Waals surface area contributed by atoms with Gasteiger partial charge in [0.15, 0.2) is 0 Å². The molecule has 0 aliphatic carbocycles. The first kappa shape index (κ1) is 18.9. The van der Waals surface area contributed by atoms with Crippen molar-refractivity contribution in [1.29, 1.82) is 5.26 Å². The quantitative estimate of drug-likeness (QED) is 0.831. The van der Waals surface area contributed by atoms with E-state index >= 15 is 0 Å². The van der Waals surface area contributed by atoms with Crippen LogP contribution in [0.4, 0.5) is 0 Å². The Morgan fingerprint density at radius 3 is 2.61 bits per heavy atom. The standard InChI is InChI=1S/C24H27N5O2/c25-9-15-8-21(26-10-15)24(31)27-11-16-7-18(13-27)22-6-1-17(23(30)29(22)12-16)14-28-19-2-3-20(28)5-4-19/h1,6,8,10,16,18-20,26H,2-5,7,11-14H2/t16-,18+,19?,20?/m0/s1. The highest BCUT2D eigenvalue weighted by atomic mass is 16.2. The maximum absolute atomic E-state index is 13.4. The van der Waals surface area contributed by atoms with Crippen LogP contribution in [0.25, 0.3) is 0 Å². The van der Waals surface area contributed by atoms with Gasteiger partial charge >= 0.3 is 0 Å². The van der Waals surface area contributed by atoms with Crippen molar-refractivity contribution in [1.82, 2.24) is 19.4 Å². The average molecular weight is 418 g/mol. The molecule has 4 aliphatic heterocycles. The van der Waals surface area contributed by atoms with Gasteiger partial charge in [0.25, 0.3) is 11.5 Å². The number of aromatic nitrogens is 2. The Bertz CT molecular complexity index is 1120. The summed E-state index contributed by atoms with van der Waals surface area (Å²) in [6.07, 6.45) is 7.71. The fourth-order valence-corrected chi connectivity index (χ4v) is 6.50. The number of carbonyl (C=O) groups excluding carboxylic acids is 1. The summed E-state index contributed by atoms with van der Waals surface area (Å²) in [6, 6.07) is 9.18. The normalized spacial score (nSPS) is 29.1. The van der Waals surface area contributed by atoms with Crippen molar-refractivity contribution >= 4 is 5.91 Å². The van der Waals surface area contributed by atoms with Gasteiger partial charge in [0.05, 0.1) is 5.56 Å². The zero-order chi connectivity index (χ0) is 21.1. The second-order valence-electron chi connectivity index (χ2n) is 9.76. The van der Waals surface area contributed by atoms with Gasteiger partial charge in [0.1, 0.15) is 11.8 Å². The molecule has 160 valence electrons. The van der Waals surface area contributed by atoms with Crippen LogP contribution in [0.15, 0.2) is 29.2 Å². The summed E-state index contributed by atoms with van der Waals surface area (Å²) in [7, 11) is 0. The number of nitrogens with zero attached hydrogens (tertiary/aromatic N) is 4. The van der Waals surface area contributed by atoms with Gasteiger partial charge in [-0.25, -0.2) is 0 Å². The Hall–Kier alpha value is -2.85. The summed E-state index contributed by atoms with van der Waals surface area (Å²) in [5.41, 5.74) is 3.09. The molecule has 0 aromatic carbocycles. The maximum Gasteiger partial charge on any atom is 0.270 e. The van der Waals surface area contributed by atoms with Crippen LogP contribution in [0.2, 0.25) is 0 Å². The van der Waals surface area contributed by atoms with Crippen LogP contribution < -0.4 is 5.56 Å². The summed E-state index contributed by atoms with van der Waals surface area (Å²) < 4.78 is 2.00. The summed E-state index contributed by atoms with van der Waals surface area (Å²) in [4.78, 5) is 33.7. The molecule has 4 bridgehead atoms. The zero-order valence-electron chi connectivity index (χ0n) is 17.6.